The number of aromatic nitrogens is 2. The number of fused-ring (bicyclic) bond motifs is 2. The lowest BCUT2D eigenvalue weighted by Gasteiger charge is -2.22. The van der Waals surface area contributed by atoms with Crippen molar-refractivity contribution in [3.63, 3.8) is 0 Å². The molecule has 156 valence electrons. The van der Waals surface area contributed by atoms with Crippen molar-refractivity contribution in [3.8, 4) is 0 Å². The Morgan fingerprint density at radius 3 is 2.58 bits per heavy atom. The van der Waals surface area contributed by atoms with Crippen LogP contribution in [0.3, 0.4) is 0 Å². The molecule has 3 heterocycles. The van der Waals surface area contributed by atoms with Gasteiger partial charge in [-0.05, 0) is 35.7 Å². The zero-order chi connectivity index (χ0) is 21.7. The average molecular weight is 452 g/mol. The summed E-state index contributed by atoms with van der Waals surface area (Å²) in [6.07, 6.45) is 0.763. The second-order valence-corrected chi connectivity index (χ2v) is 9.35. The largest absolute Gasteiger partial charge is 0.450 e. The lowest BCUT2D eigenvalue weighted by Crippen LogP contribution is -2.29. The number of carbonyl (C=O) groups is 1. The van der Waals surface area contributed by atoms with Crippen LogP contribution in [0.4, 0.5) is 5.13 Å². The molecule has 0 saturated heterocycles. The number of amides is 1. The van der Waals surface area contributed by atoms with Crippen LogP contribution in [-0.4, -0.2) is 16.1 Å². The lowest BCUT2D eigenvalue weighted by atomic mass is 9.99. The van der Waals surface area contributed by atoms with E-state index in [1.165, 1.54) is 16.2 Å². The molecule has 6 nitrogen and oxygen atoms in total. The van der Waals surface area contributed by atoms with Crippen molar-refractivity contribution >= 4 is 44.9 Å². The minimum absolute atomic E-state index is 0.0456. The highest BCUT2D eigenvalue weighted by Crippen LogP contribution is 2.42. The van der Waals surface area contributed by atoms with Crippen LogP contribution in [0.5, 0.6) is 0 Å². The molecule has 0 unspecified atom stereocenters. The molecule has 0 N–H and O–H groups in total. The Morgan fingerprint density at radius 1 is 1.10 bits per heavy atom. The number of anilines is 1. The van der Waals surface area contributed by atoms with Gasteiger partial charge < -0.3 is 4.42 Å². The molecule has 0 spiro atoms. The number of hydrogen-bond donors (Lipinski definition) is 0. The summed E-state index contributed by atoms with van der Waals surface area (Å²) in [4.78, 5) is 28.4. The smallest absolute Gasteiger partial charge is 0.297 e. The molecule has 0 aliphatic carbocycles. The highest BCUT2D eigenvalue weighted by atomic mass is 35.5. The highest BCUT2D eigenvalue weighted by Gasteiger charge is 2.45. The van der Waals surface area contributed by atoms with Gasteiger partial charge in [0.1, 0.15) is 10.6 Å². The Hall–Kier alpha value is -3.03. The van der Waals surface area contributed by atoms with E-state index in [2.05, 4.69) is 24.0 Å². The zero-order valence-electron chi connectivity index (χ0n) is 16.8. The molecule has 2 aromatic carbocycles. The fourth-order valence-corrected chi connectivity index (χ4v) is 5.05. The summed E-state index contributed by atoms with van der Waals surface area (Å²) in [6.45, 7) is 4.20. The number of halogens is 1. The van der Waals surface area contributed by atoms with Gasteiger partial charge in [0.05, 0.1) is 17.0 Å². The van der Waals surface area contributed by atoms with E-state index >= 15 is 0 Å². The van der Waals surface area contributed by atoms with Gasteiger partial charge in [-0.1, -0.05) is 61.1 Å². The van der Waals surface area contributed by atoms with Crippen molar-refractivity contribution in [2.45, 2.75) is 26.3 Å². The van der Waals surface area contributed by atoms with Gasteiger partial charge in [-0.3, -0.25) is 14.5 Å². The van der Waals surface area contributed by atoms with Crippen LogP contribution >= 0.6 is 22.9 Å². The Labute approximate surface area is 187 Å². The first-order chi connectivity index (χ1) is 14.9. The average Bonchev–Trinajstić information content (AvgIpc) is 3.31. The summed E-state index contributed by atoms with van der Waals surface area (Å²) in [5, 5.41) is 10.8. The van der Waals surface area contributed by atoms with Gasteiger partial charge in [-0.2, -0.15) is 0 Å². The standard InChI is InChI=1S/C23H18ClN3O3S/c1-12(2)11-17-25-26-23(31-17)27-19(13-7-9-14(24)10-8-13)18-20(28)15-5-3-4-6-16(15)30-21(18)22(27)29/h3-10,12,19H,11H2,1-2H3/t19-/m0/s1. The first-order valence-corrected chi connectivity index (χ1v) is 11.1. The van der Waals surface area contributed by atoms with Crippen molar-refractivity contribution < 1.29 is 9.21 Å². The maximum absolute atomic E-state index is 13.5. The van der Waals surface area contributed by atoms with Crippen LogP contribution in [-0.2, 0) is 6.42 Å². The van der Waals surface area contributed by atoms with Crippen molar-refractivity contribution in [3.05, 3.63) is 85.7 Å². The first-order valence-electron chi connectivity index (χ1n) is 9.91. The first kappa shape index (κ1) is 19.9. The summed E-state index contributed by atoms with van der Waals surface area (Å²) < 4.78 is 5.94. The molecule has 5 rings (SSSR count). The van der Waals surface area contributed by atoms with Gasteiger partial charge in [-0.25, -0.2) is 0 Å². The van der Waals surface area contributed by atoms with Crippen LogP contribution in [0.15, 0.2) is 57.7 Å². The molecule has 1 amide bonds. The van der Waals surface area contributed by atoms with Crippen LogP contribution in [0.1, 0.15) is 46.6 Å². The summed E-state index contributed by atoms with van der Waals surface area (Å²) in [5.74, 6) is 0.0576. The van der Waals surface area contributed by atoms with E-state index < -0.39 is 11.9 Å². The summed E-state index contributed by atoms with van der Waals surface area (Å²) in [7, 11) is 0. The van der Waals surface area contributed by atoms with Crippen molar-refractivity contribution in [2.24, 2.45) is 5.92 Å². The summed E-state index contributed by atoms with van der Waals surface area (Å²) in [5.41, 5.74) is 1.22. The third-order valence-corrected chi connectivity index (χ3v) is 6.41. The molecule has 1 atom stereocenters. The minimum Gasteiger partial charge on any atom is -0.450 e. The van der Waals surface area contributed by atoms with Crippen LogP contribution in [0.25, 0.3) is 11.0 Å². The number of benzene rings is 2. The predicted octanol–water partition coefficient (Wildman–Crippen LogP) is 5.25. The van der Waals surface area contributed by atoms with Gasteiger partial charge in [0.25, 0.3) is 5.91 Å². The lowest BCUT2D eigenvalue weighted by molar-refractivity contribution is 0.0970. The number of nitrogens with zero attached hydrogens (tertiary/aromatic N) is 3. The highest BCUT2D eigenvalue weighted by molar-refractivity contribution is 7.15. The second kappa shape index (κ2) is 7.59. The molecule has 0 fully saturated rings. The minimum atomic E-state index is -0.666. The maximum atomic E-state index is 13.5. The van der Waals surface area contributed by atoms with E-state index in [1.807, 2.05) is 12.1 Å². The predicted molar refractivity (Wildman–Crippen MR) is 121 cm³/mol. The van der Waals surface area contributed by atoms with Crippen LogP contribution in [0.2, 0.25) is 5.02 Å². The molecule has 1 aliphatic rings. The van der Waals surface area contributed by atoms with Crippen molar-refractivity contribution in [1.82, 2.24) is 10.2 Å². The van der Waals surface area contributed by atoms with E-state index in [4.69, 9.17) is 16.0 Å². The fourth-order valence-electron chi connectivity index (χ4n) is 3.85. The van der Waals surface area contributed by atoms with Crippen molar-refractivity contribution in [1.29, 1.82) is 0 Å². The molecule has 8 heteroatoms. The molecule has 0 saturated carbocycles. The molecule has 31 heavy (non-hydrogen) atoms. The SMILES string of the molecule is CC(C)Cc1nnc(N2C(=O)c3oc4ccccc4c(=O)c3[C@@H]2c2ccc(Cl)cc2)s1. The van der Waals surface area contributed by atoms with E-state index in [1.54, 1.807) is 36.4 Å². The Balaban J connectivity index is 1.73. The molecule has 1 aliphatic heterocycles. The summed E-state index contributed by atoms with van der Waals surface area (Å²) in [6, 6.07) is 13.4. The topological polar surface area (TPSA) is 76.3 Å². The Kier molecular flexibility index (Phi) is 4.87. The normalized spacial score (nSPS) is 15.8. The third kappa shape index (κ3) is 3.34. The molecule has 2 aromatic heterocycles. The Bertz CT molecular complexity index is 1360. The van der Waals surface area contributed by atoms with E-state index in [-0.39, 0.29) is 11.2 Å². The quantitative estimate of drug-likeness (QED) is 0.423. The van der Waals surface area contributed by atoms with Crippen LogP contribution < -0.4 is 10.3 Å². The number of hydrogen-bond acceptors (Lipinski definition) is 6. The van der Waals surface area contributed by atoms with Gasteiger partial charge in [-0.15, -0.1) is 10.2 Å². The van der Waals surface area contributed by atoms with E-state index in [0.29, 0.717) is 32.6 Å². The molecular weight excluding hydrogens is 434 g/mol. The fraction of sp³-hybridized carbons (Fsp3) is 0.217. The molecule has 0 radical (unpaired) electrons. The molecule has 4 aromatic rings. The van der Waals surface area contributed by atoms with E-state index in [9.17, 15) is 9.59 Å². The zero-order valence-corrected chi connectivity index (χ0v) is 18.4. The van der Waals surface area contributed by atoms with Gasteiger partial charge in [0.15, 0.2) is 5.43 Å². The molecular formula is C23H18ClN3O3S. The monoisotopic (exact) mass is 451 g/mol. The second-order valence-electron chi connectivity index (χ2n) is 7.88. The summed E-state index contributed by atoms with van der Waals surface area (Å²) >= 11 is 7.44. The van der Waals surface area contributed by atoms with Gasteiger partial charge >= 0.3 is 0 Å². The van der Waals surface area contributed by atoms with Gasteiger partial charge in [0, 0.05) is 11.4 Å². The Morgan fingerprint density at radius 2 is 1.84 bits per heavy atom. The van der Waals surface area contributed by atoms with Crippen LogP contribution in [0, 0.1) is 5.92 Å². The van der Waals surface area contributed by atoms with Crippen molar-refractivity contribution in [2.75, 3.05) is 4.90 Å². The van der Waals surface area contributed by atoms with Gasteiger partial charge in [0.2, 0.25) is 10.9 Å². The number of para-hydroxylation sites is 1. The number of carbonyl (C=O) groups excluding carboxylic acids is 1. The third-order valence-electron chi connectivity index (χ3n) is 5.21. The number of rotatable bonds is 4. The molecule has 0 bridgehead atoms. The van der Waals surface area contributed by atoms with E-state index in [0.717, 1.165) is 17.0 Å². The maximum Gasteiger partial charge on any atom is 0.297 e.